The minimum absolute atomic E-state index is 0.0183. The number of hydrogen-bond donors (Lipinski definition) is 1. The van der Waals surface area contributed by atoms with Gasteiger partial charge in [0.15, 0.2) is 11.5 Å². The second kappa shape index (κ2) is 8.77. The summed E-state index contributed by atoms with van der Waals surface area (Å²) in [5, 5.41) is 3.21. The molecule has 1 aromatic carbocycles. The summed E-state index contributed by atoms with van der Waals surface area (Å²) in [6.45, 7) is 16.9. The Balaban J connectivity index is 1.55. The lowest BCUT2D eigenvalue weighted by Crippen LogP contribution is -2.48. The van der Waals surface area contributed by atoms with E-state index < -0.39 is 29.0 Å². The van der Waals surface area contributed by atoms with Crippen molar-refractivity contribution in [3.63, 3.8) is 0 Å². The van der Waals surface area contributed by atoms with E-state index in [0.29, 0.717) is 41.0 Å². The molecule has 8 nitrogen and oxygen atoms in total. The third-order valence-corrected chi connectivity index (χ3v) is 7.54. The van der Waals surface area contributed by atoms with Crippen LogP contribution in [-0.4, -0.2) is 36.6 Å². The van der Waals surface area contributed by atoms with Crippen LogP contribution in [0.2, 0.25) is 5.02 Å². The molecule has 0 aromatic heterocycles. The molecule has 1 amide bonds. The highest BCUT2D eigenvalue weighted by atomic mass is 35.5. The van der Waals surface area contributed by atoms with Gasteiger partial charge in [-0.05, 0) is 53.4 Å². The maximum Gasteiger partial charge on any atom is 0.407 e. The van der Waals surface area contributed by atoms with Gasteiger partial charge in [0.2, 0.25) is 0 Å². The molecule has 3 aliphatic rings. The maximum atomic E-state index is 12.7. The number of rotatable bonds is 4. The Morgan fingerprint density at radius 2 is 1.74 bits per heavy atom. The number of hydrogen-bond acceptors (Lipinski definition) is 6. The third kappa shape index (κ3) is 4.63. The SMILES string of the molecule is [C-]#[N+]C1(c2c(Cl)c3c(c(C)c2C(=O)OC)OC(C)(C2CCC(NC(=O)OC(C)(C)C)CC2)O3)CC1. The van der Waals surface area contributed by atoms with Gasteiger partial charge >= 0.3 is 12.1 Å². The van der Waals surface area contributed by atoms with Crippen LogP contribution in [0.3, 0.4) is 0 Å². The van der Waals surface area contributed by atoms with E-state index in [1.165, 1.54) is 7.11 Å². The highest BCUT2D eigenvalue weighted by Gasteiger charge is 2.58. The Bertz CT molecular complexity index is 1090. The van der Waals surface area contributed by atoms with Crippen LogP contribution in [-0.2, 0) is 15.0 Å². The summed E-state index contributed by atoms with van der Waals surface area (Å²) in [4.78, 5) is 28.7. The van der Waals surface area contributed by atoms with Crippen LogP contribution in [0.15, 0.2) is 0 Å². The van der Waals surface area contributed by atoms with Crippen LogP contribution in [0.1, 0.15) is 87.7 Å². The molecule has 2 saturated carbocycles. The van der Waals surface area contributed by atoms with Crippen molar-refractivity contribution in [3.8, 4) is 11.5 Å². The standard InChI is InChI=1S/C26H33ClN2O6/c1-14-17(22(30)32-7)18(26(28-6)12-13-26)19(27)21-20(14)33-25(5,34-21)15-8-10-16(11-9-15)29-23(31)35-24(2,3)4/h15-16H,8-13H2,1-5,7H3,(H,29,31). The number of alkyl carbamates (subject to hydrolysis) is 1. The van der Waals surface area contributed by atoms with E-state index in [1.54, 1.807) is 6.92 Å². The van der Waals surface area contributed by atoms with E-state index >= 15 is 0 Å². The fourth-order valence-corrected chi connectivity index (χ4v) is 5.56. The average Bonchev–Trinajstić information content (AvgIpc) is 3.49. The van der Waals surface area contributed by atoms with Gasteiger partial charge in [0.05, 0.1) is 23.3 Å². The molecule has 0 radical (unpaired) electrons. The van der Waals surface area contributed by atoms with Crippen molar-refractivity contribution >= 4 is 23.7 Å². The minimum atomic E-state index is -0.978. The second-order valence-electron chi connectivity index (χ2n) is 10.9. The Kier molecular flexibility index (Phi) is 6.38. The molecule has 0 spiro atoms. The normalized spacial score (nSPS) is 26.5. The van der Waals surface area contributed by atoms with Crippen LogP contribution in [0, 0.1) is 19.4 Å². The number of methoxy groups -OCH3 is 1. The number of nitrogens with one attached hydrogen (secondary N) is 1. The van der Waals surface area contributed by atoms with Crippen molar-refractivity contribution in [1.29, 1.82) is 0 Å². The van der Waals surface area contributed by atoms with Crippen LogP contribution in [0.4, 0.5) is 4.79 Å². The average molecular weight is 505 g/mol. The Hall–Kier alpha value is -2.66. The number of fused-ring (bicyclic) bond motifs is 1. The summed E-state index contributed by atoms with van der Waals surface area (Å²) in [7, 11) is 1.31. The molecule has 2 fully saturated rings. The van der Waals surface area contributed by atoms with Gasteiger partial charge in [-0.3, -0.25) is 0 Å². The zero-order valence-corrected chi connectivity index (χ0v) is 21.9. The summed E-state index contributed by atoms with van der Waals surface area (Å²) >= 11 is 6.82. The zero-order valence-electron chi connectivity index (χ0n) is 21.2. The molecule has 35 heavy (non-hydrogen) atoms. The molecular formula is C26H33ClN2O6. The van der Waals surface area contributed by atoms with Crippen molar-refractivity contribution in [2.75, 3.05) is 7.11 Å². The van der Waals surface area contributed by atoms with E-state index in [4.69, 9.17) is 37.1 Å². The predicted octanol–water partition coefficient (Wildman–Crippen LogP) is 5.91. The van der Waals surface area contributed by atoms with Crippen LogP contribution >= 0.6 is 11.6 Å². The number of carbonyl (C=O) groups is 2. The summed E-state index contributed by atoms with van der Waals surface area (Å²) in [5.74, 6) is -0.658. The van der Waals surface area contributed by atoms with E-state index in [0.717, 1.165) is 25.7 Å². The van der Waals surface area contributed by atoms with Crippen molar-refractivity contribution < 1.29 is 28.5 Å². The van der Waals surface area contributed by atoms with Gasteiger partial charge in [-0.1, -0.05) is 11.6 Å². The van der Waals surface area contributed by atoms with Crippen LogP contribution in [0.5, 0.6) is 11.5 Å². The number of halogens is 1. The van der Waals surface area contributed by atoms with Crippen molar-refractivity contribution in [2.45, 2.75) is 96.1 Å². The van der Waals surface area contributed by atoms with Gasteiger partial charge in [0.25, 0.3) is 11.3 Å². The van der Waals surface area contributed by atoms with Gasteiger partial charge in [0, 0.05) is 37.3 Å². The highest BCUT2D eigenvalue weighted by Crippen LogP contribution is 2.60. The topological polar surface area (TPSA) is 87.5 Å². The lowest BCUT2D eigenvalue weighted by Gasteiger charge is -2.37. The van der Waals surface area contributed by atoms with Crippen LogP contribution < -0.4 is 14.8 Å². The van der Waals surface area contributed by atoms with E-state index in [9.17, 15) is 9.59 Å². The molecule has 1 N–H and O–H groups in total. The van der Waals surface area contributed by atoms with Crippen molar-refractivity contribution in [3.05, 3.63) is 33.1 Å². The largest absolute Gasteiger partial charge is 0.465 e. The molecule has 190 valence electrons. The van der Waals surface area contributed by atoms with Crippen LogP contribution in [0.25, 0.3) is 4.85 Å². The first-order valence-corrected chi connectivity index (χ1v) is 12.4. The molecular weight excluding hydrogens is 472 g/mol. The molecule has 2 aliphatic carbocycles. The molecule has 1 atom stereocenters. The Morgan fingerprint density at radius 3 is 2.26 bits per heavy atom. The fourth-order valence-electron chi connectivity index (χ4n) is 5.17. The molecule has 1 aliphatic heterocycles. The molecule has 0 saturated heterocycles. The molecule has 1 unspecified atom stereocenters. The summed E-state index contributed by atoms with van der Waals surface area (Å²) in [6, 6.07) is 0.0183. The molecule has 1 aromatic rings. The number of amides is 1. The first-order valence-electron chi connectivity index (χ1n) is 12.0. The Labute approximate surface area is 211 Å². The van der Waals surface area contributed by atoms with Gasteiger partial charge in [-0.25, -0.2) is 16.2 Å². The lowest BCUT2D eigenvalue weighted by atomic mass is 9.81. The lowest BCUT2D eigenvalue weighted by molar-refractivity contribution is -0.121. The number of carbonyl (C=O) groups excluding carboxylic acids is 2. The molecule has 1 heterocycles. The fraction of sp³-hybridized carbons (Fsp3) is 0.654. The first-order chi connectivity index (χ1) is 16.3. The van der Waals surface area contributed by atoms with Crippen molar-refractivity contribution in [1.82, 2.24) is 5.32 Å². The number of nitrogens with zero attached hydrogens (tertiary/aromatic N) is 1. The van der Waals surface area contributed by atoms with Gasteiger partial charge in [0.1, 0.15) is 5.60 Å². The highest BCUT2D eigenvalue weighted by molar-refractivity contribution is 6.34. The third-order valence-electron chi connectivity index (χ3n) is 7.18. The maximum absolute atomic E-state index is 12.7. The first kappa shape index (κ1) is 25.4. The summed E-state index contributed by atoms with van der Waals surface area (Å²) in [5.41, 5.74) is -0.0191. The van der Waals surface area contributed by atoms with Gasteiger partial charge in [-0.2, -0.15) is 0 Å². The zero-order chi connectivity index (χ0) is 25.8. The van der Waals surface area contributed by atoms with E-state index in [2.05, 4.69) is 10.2 Å². The minimum Gasteiger partial charge on any atom is -0.465 e. The Morgan fingerprint density at radius 1 is 1.14 bits per heavy atom. The molecule has 0 bridgehead atoms. The smallest absolute Gasteiger partial charge is 0.407 e. The second-order valence-corrected chi connectivity index (χ2v) is 11.3. The van der Waals surface area contributed by atoms with Crippen molar-refractivity contribution in [2.24, 2.45) is 5.92 Å². The monoisotopic (exact) mass is 504 g/mol. The number of ether oxygens (including phenoxy) is 4. The quantitative estimate of drug-likeness (QED) is 0.405. The number of benzene rings is 1. The predicted molar refractivity (Wildman–Crippen MR) is 130 cm³/mol. The van der Waals surface area contributed by atoms with E-state index in [1.807, 2.05) is 27.7 Å². The van der Waals surface area contributed by atoms with E-state index in [-0.39, 0.29) is 17.0 Å². The van der Waals surface area contributed by atoms with Gasteiger partial charge in [-0.15, -0.1) is 0 Å². The summed E-state index contributed by atoms with van der Waals surface area (Å²) < 4.78 is 23.2. The molecule has 4 rings (SSSR count). The molecule has 9 heteroatoms. The summed E-state index contributed by atoms with van der Waals surface area (Å²) in [6.07, 6.45) is 3.90. The number of esters is 1. The van der Waals surface area contributed by atoms with Gasteiger partial charge < -0.3 is 29.1 Å².